The zero-order chi connectivity index (χ0) is 16.2. The first-order valence-corrected chi connectivity index (χ1v) is 8.19. The number of H-pyrrole nitrogens is 1. The van der Waals surface area contributed by atoms with Crippen molar-refractivity contribution in [3.63, 3.8) is 0 Å². The van der Waals surface area contributed by atoms with Gasteiger partial charge >= 0.3 is 0 Å². The van der Waals surface area contributed by atoms with Crippen molar-refractivity contribution in [2.75, 3.05) is 27.2 Å². The number of nitrogens with one attached hydrogen (secondary N) is 1. The van der Waals surface area contributed by atoms with Crippen LogP contribution in [0.3, 0.4) is 0 Å². The minimum absolute atomic E-state index is 0.181. The van der Waals surface area contributed by atoms with Gasteiger partial charge in [0.15, 0.2) is 0 Å². The number of hydrogen-bond acceptors (Lipinski definition) is 3. The zero-order valence-electron chi connectivity index (χ0n) is 13.8. The summed E-state index contributed by atoms with van der Waals surface area (Å²) >= 11 is 0. The second-order valence-corrected chi connectivity index (χ2v) is 6.28. The Morgan fingerprint density at radius 3 is 2.87 bits per heavy atom. The Morgan fingerprint density at radius 2 is 2.13 bits per heavy atom. The first kappa shape index (κ1) is 15.7. The number of hydrogen-bond donors (Lipinski definition) is 1. The molecular formula is C18H24N4O. The van der Waals surface area contributed by atoms with Crippen molar-refractivity contribution in [3.8, 4) is 11.3 Å². The van der Waals surface area contributed by atoms with Crippen molar-refractivity contribution < 1.29 is 4.79 Å². The third-order valence-corrected chi connectivity index (χ3v) is 4.47. The van der Waals surface area contributed by atoms with Gasteiger partial charge in [-0.2, -0.15) is 0 Å². The van der Waals surface area contributed by atoms with Crippen molar-refractivity contribution in [2.45, 2.75) is 25.3 Å². The Labute approximate surface area is 137 Å². The first-order valence-electron chi connectivity index (χ1n) is 8.19. The van der Waals surface area contributed by atoms with E-state index in [-0.39, 0.29) is 5.91 Å². The quantitative estimate of drug-likeness (QED) is 0.923. The fraction of sp³-hybridized carbons (Fsp3) is 0.444. The summed E-state index contributed by atoms with van der Waals surface area (Å²) in [4.78, 5) is 23.9. The van der Waals surface area contributed by atoms with Crippen molar-refractivity contribution in [1.29, 1.82) is 0 Å². The minimum Gasteiger partial charge on any atom is -0.349 e. The van der Waals surface area contributed by atoms with Crippen LogP contribution in [0.15, 0.2) is 36.5 Å². The average molecular weight is 312 g/mol. The van der Waals surface area contributed by atoms with E-state index in [1.807, 2.05) is 38.5 Å². The minimum atomic E-state index is 0.181. The highest BCUT2D eigenvalue weighted by atomic mass is 16.2. The molecule has 0 spiro atoms. The van der Waals surface area contributed by atoms with Gasteiger partial charge in [-0.3, -0.25) is 9.69 Å². The Kier molecular flexibility index (Phi) is 4.76. The largest absolute Gasteiger partial charge is 0.349 e. The van der Waals surface area contributed by atoms with E-state index in [2.05, 4.69) is 27.0 Å². The molecule has 1 aromatic carbocycles. The van der Waals surface area contributed by atoms with Gasteiger partial charge in [-0.05, 0) is 24.9 Å². The molecule has 0 radical (unpaired) electrons. The van der Waals surface area contributed by atoms with Gasteiger partial charge in [0, 0.05) is 27.1 Å². The fourth-order valence-corrected chi connectivity index (χ4v) is 3.14. The number of amides is 1. The molecule has 1 N–H and O–H groups in total. The number of nitrogens with zero attached hydrogens (tertiary/aromatic N) is 3. The highest BCUT2D eigenvalue weighted by molar-refractivity contribution is 5.75. The molecule has 5 nitrogen and oxygen atoms in total. The molecule has 1 aliphatic heterocycles. The number of likely N-dealkylation sites (tertiary alicyclic amines) is 1. The number of rotatable bonds is 5. The van der Waals surface area contributed by atoms with Crippen LogP contribution in [0, 0.1) is 0 Å². The van der Waals surface area contributed by atoms with E-state index in [1.165, 1.54) is 0 Å². The number of imidazole rings is 1. The van der Waals surface area contributed by atoms with E-state index in [0.29, 0.717) is 12.5 Å². The van der Waals surface area contributed by atoms with Crippen LogP contribution in [0.2, 0.25) is 0 Å². The molecule has 2 heterocycles. The van der Waals surface area contributed by atoms with Gasteiger partial charge in [-0.1, -0.05) is 30.3 Å². The summed E-state index contributed by atoms with van der Waals surface area (Å²) in [6, 6.07) is 10.5. The number of aromatic amines is 1. The predicted octanol–water partition coefficient (Wildman–Crippen LogP) is 2.69. The molecule has 23 heavy (non-hydrogen) atoms. The standard InChI is InChI=1S/C18H24N4O/c1-21(2)17(23)10-12-22-11-6-9-16(22)18-19-13-15(20-18)14-7-4-3-5-8-14/h3-5,7-8,13,16H,6,9-12H2,1-2H3,(H,19,20). The predicted molar refractivity (Wildman–Crippen MR) is 90.9 cm³/mol. The molecule has 0 saturated carbocycles. The molecule has 1 saturated heterocycles. The SMILES string of the molecule is CN(C)C(=O)CCN1CCCC1c1ncc(-c2ccccc2)[nH]1. The second kappa shape index (κ2) is 6.96. The van der Waals surface area contributed by atoms with Crippen LogP contribution < -0.4 is 0 Å². The topological polar surface area (TPSA) is 52.2 Å². The molecule has 1 aromatic heterocycles. The monoisotopic (exact) mass is 312 g/mol. The Morgan fingerprint density at radius 1 is 1.35 bits per heavy atom. The number of aromatic nitrogens is 2. The van der Waals surface area contributed by atoms with E-state index in [9.17, 15) is 4.79 Å². The summed E-state index contributed by atoms with van der Waals surface area (Å²) in [7, 11) is 3.62. The molecule has 0 aliphatic carbocycles. The van der Waals surface area contributed by atoms with E-state index >= 15 is 0 Å². The van der Waals surface area contributed by atoms with Crippen LogP contribution in [0.25, 0.3) is 11.3 Å². The van der Waals surface area contributed by atoms with Crippen LogP contribution in [0.4, 0.5) is 0 Å². The lowest BCUT2D eigenvalue weighted by Gasteiger charge is -2.23. The van der Waals surface area contributed by atoms with Gasteiger partial charge < -0.3 is 9.88 Å². The maximum atomic E-state index is 11.8. The van der Waals surface area contributed by atoms with Gasteiger partial charge in [-0.25, -0.2) is 4.98 Å². The van der Waals surface area contributed by atoms with Gasteiger partial charge in [0.1, 0.15) is 5.82 Å². The maximum Gasteiger partial charge on any atom is 0.223 e. The summed E-state index contributed by atoms with van der Waals surface area (Å²) in [5.74, 6) is 1.19. The molecular weight excluding hydrogens is 288 g/mol. The lowest BCUT2D eigenvalue weighted by molar-refractivity contribution is -0.129. The molecule has 2 aromatic rings. The maximum absolute atomic E-state index is 11.8. The Bertz CT molecular complexity index is 650. The smallest absolute Gasteiger partial charge is 0.223 e. The van der Waals surface area contributed by atoms with Gasteiger partial charge in [0.25, 0.3) is 0 Å². The molecule has 1 amide bonds. The fourth-order valence-electron chi connectivity index (χ4n) is 3.14. The number of carbonyl (C=O) groups excluding carboxylic acids is 1. The van der Waals surface area contributed by atoms with Gasteiger partial charge in [0.2, 0.25) is 5.91 Å². The lowest BCUT2D eigenvalue weighted by atomic mass is 10.2. The van der Waals surface area contributed by atoms with E-state index in [1.54, 1.807) is 4.90 Å². The average Bonchev–Trinajstić information content (AvgIpc) is 3.22. The van der Waals surface area contributed by atoms with Crippen molar-refractivity contribution >= 4 is 5.91 Å². The van der Waals surface area contributed by atoms with Crippen LogP contribution in [0.1, 0.15) is 31.1 Å². The molecule has 1 fully saturated rings. The van der Waals surface area contributed by atoms with Crippen molar-refractivity contribution in [3.05, 3.63) is 42.4 Å². The normalized spacial score (nSPS) is 18.3. The highest BCUT2D eigenvalue weighted by Gasteiger charge is 2.28. The van der Waals surface area contributed by atoms with Gasteiger partial charge in [0.05, 0.1) is 17.9 Å². The van der Waals surface area contributed by atoms with Crippen LogP contribution in [-0.4, -0.2) is 52.9 Å². The third kappa shape index (κ3) is 3.62. The van der Waals surface area contributed by atoms with Crippen LogP contribution in [-0.2, 0) is 4.79 Å². The van der Waals surface area contributed by atoms with Gasteiger partial charge in [-0.15, -0.1) is 0 Å². The van der Waals surface area contributed by atoms with E-state index < -0.39 is 0 Å². The van der Waals surface area contributed by atoms with Crippen LogP contribution in [0.5, 0.6) is 0 Å². The first-order chi connectivity index (χ1) is 11.1. The third-order valence-electron chi connectivity index (χ3n) is 4.47. The summed E-state index contributed by atoms with van der Waals surface area (Å²) in [6.07, 6.45) is 4.72. The highest BCUT2D eigenvalue weighted by Crippen LogP contribution is 2.31. The summed E-state index contributed by atoms with van der Waals surface area (Å²) < 4.78 is 0. The summed E-state index contributed by atoms with van der Waals surface area (Å²) in [6.45, 7) is 1.83. The second-order valence-electron chi connectivity index (χ2n) is 6.28. The number of benzene rings is 1. The molecule has 0 bridgehead atoms. The number of carbonyl (C=O) groups is 1. The molecule has 122 valence electrons. The summed E-state index contributed by atoms with van der Waals surface area (Å²) in [5.41, 5.74) is 2.20. The van der Waals surface area contributed by atoms with E-state index in [4.69, 9.17) is 0 Å². The lowest BCUT2D eigenvalue weighted by Crippen LogP contribution is -2.30. The summed E-state index contributed by atoms with van der Waals surface area (Å²) in [5, 5.41) is 0. The van der Waals surface area contributed by atoms with Crippen molar-refractivity contribution in [1.82, 2.24) is 19.8 Å². The van der Waals surface area contributed by atoms with E-state index in [0.717, 1.165) is 43.0 Å². The molecule has 1 unspecified atom stereocenters. The molecule has 3 rings (SSSR count). The Balaban J connectivity index is 1.68. The molecule has 5 heteroatoms. The zero-order valence-corrected chi connectivity index (χ0v) is 13.8. The Hall–Kier alpha value is -2.14. The molecule has 1 aliphatic rings. The van der Waals surface area contributed by atoms with Crippen LogP contribution >= 0.6 is 0 Å². The van der Waals surface area contributed by atoms with Crippen molar-refractivity contribution in [2.24, 2.45) is 0 Å². The molecule has 1 atom stereocenters.